The van der Waals surface area contributed by atoms with Crippen molar-refractivity contribution < 1.29 is 4.74 Å². The predicted molar refractivity (Wildman–Crippen MR) is 56.9 cm³/mol. The average molecular weight is 200 g/mol. The van der Waals surface area contributed by atoms with Crippen molar-refractivity contribution in [1.82, 2.24) is 10.3 Å². The molecule has 5 nitrogen and oxygen atoms in total. The zero-order chi connectivity index (χ0) is 10.4. The molecule has 0 aromatic carbocycles. The zero-order valence-electron chi connectivity index (χ0n) is 8.99. The van der Waals surface area contributed by atoms with E-state index in [1.807, 2.05) is 13.8 Å². The third-order valence-corrected chi connectivity index (χ3v) is 1.93. The average Bonchev–Trinajstić information content (AvgIpc) is 2.51. The lowest BCUT2D eigenvalue weighted by Gasteiger charge is -2.14. The van der Waals surface area contributed by atoms with Crippen LogP contribution in [-0.4, -0.2) is 43.3 Å². The minimum Gasteiger partial charge on any atom is -0.379 e. The summed E-state index contributed by atoms with van der Waals surface area (Å²) in [4.78, 5) is 4.22. The molecule has 0 spiro atoms. The molecule has 0 aliphatic carbocycles. The highest BCUT2D eigenvalue weighted by Gasteiger charge is 2.11. The molecule has 1 heterocycles. The second-order valence-corrected chi connectivity index (χ2v) is 3.60. The molecule has 3 N–H and O–H groups in total. The Bertz CT molecular complexity index is 193. The highest BCUT2D eigenvalue weighted by Crippen LogP contribution is 1.93. The molecule has 0 aromatic rings. The van der Waals surface area contributed by atoms with Crippen molar-refractivity contribution in [2.45, 2.75) is 26.4 Å². The minimum absolute atomic E-state index is 0.310. The normalized spacial score (nSPS) is 16.3. The van der Waals surface area contributed by atoms with Crippen molar-refractivity contribution in [3.05, 3.63) is 0 Å². The molecule has 0 saturated carbocycles. The number of nitrogens with two attached hydrogens (primary N) is 1. The molecule has 0 amide bonds. The van der Waals surface area contributed by atoms with Gasteiger partial charge in [0.2, 0.25) is 5.96 Å². The number of hydrogen-bond donors (Lipinski definition) is 2. The summed E-state index contributed by atoms with van der Waals surface area (Å²) in [5.41, 5.74) is 0. The van der Waals surface area contributed by atoms with Crippen molar-refractivity contribution in [2.24, 2.45) is 10.8 Å². The summed E-state index contributed by atoms with van der Waals surface area (Å²) in [5, 5.41) is 4.82. The van der Waals surface area contributed by atoms with E-state index in [-0.39, 0.29) is 0 Å². The van der Waals surface area contributed by atoms with Crippen LogP contribution in [-0.2, 0) is 4.74 Å². The van der Waals surface area contributed by atoms with Gasteiger partial charge in [-0.05, 0) is 20.3 Å². The van der Waals surface area contributed by atoms with Crippen LogP contribution in [0.25, 0.3) is 0 Å². The largest absolute Gasteiger partial charge is 0.379 e. The molecule has 0 atom stereocenters. The van der Waals surface area contributed by atoms with Gasteiger partial charge in [-0.2, -0.15) is 0 Å². The summed E-state index contributed by atoms with van der Waals surface area (Å²) >= 11 is 0. The van der Waals surface area contributed by atoms with Crippen LogP contribution in [0.4, 0.5) is 0 Å². The zero-order valence-corrected chi connectivity index (χ0v) is 8.99. The quantitative estimate of drug-likeness (QED) is 0.482. The number of hydrogen-bond acceptors (Lipinski definition) is 5. The van der Waals surface area contributed by atoms with Gasteiger partial charge in [0, 0.05) is 13.2 Å². The fourth-order valence-electron chi connectivity index (χ4n) is 1.21. The van der Waals surface area contributed by atoms with Crippen LogP contribution in [0.3, 0.4) is 0 Å². The monoisotopic (exact) mass is 200 g/mol. The van der Waals surface area contributed by atoms with Crippen LogP contribution < -0.4 is 11.2 Å². The Morgan fingerprint density at radius 2 is 2.43 bits per heavy atom. The standard InChI is InChI=1S/C9H20N4O/c1-8(2)14-7-3-4-11-9-12-5-6-13(9)10/h8H,3-7,10H2,1-2H3,(H,11,12). The van der Waals surface area contributed by atoms with Crippen LogP contribution in [0.1, 0.15) is 20.3 Å². The number of aliphatic imine (C=N–C) groups is 1. The molecule has 1 aliphatic heterocycles. The van der Waals surface area contributed by atoms with Crippen LogP contribution in [0.5, 0.6) is 0 Å². The number of hydrazine groups is 1. The Morgan fingerprint density at radius 1 is 1.64 bits per heavy atom. The Morgan fingerprint density at radius 3 is 3.00 bits per heavy atom. The van der Waals surface area contributed by atoms with E-state index in [2.05, 4.69) is 10.3 Å². The maximum absolute atomic E-state index is 5.65. The van der Waals surface area contributed by atoms with Crippen LogP contribution in [0.2, 0.25) is 0 Å². The van der Waals surface area contributed by atoms with Crippen LogP contribution >= 0.6 is 0 Å². The lowest BCUT2D eigenvalue weighted by molar-refractivity contribution is 0.0776. The van der Waals surface area contributed by atoms with Gasteiger partial charge >= 0.3 is 0 Å². The van der Waals surface area contributed by atoms with Gasteiger partial charge in [-0.25, -0.2) is 5.84 Å². The van der Waals surface area contributed by atoms with E-state index >= 15 is 0 Å². The van der Waals surface area contributed by atoms with Gasteiger partial charge in [-0.3, -0.25) is 10.0 Å². The van der Waals surface area contributed by atoms with Crippen LogP contribution in [0, 0.1) is 0 Å². The number of guanidine groups is 1. The molecule has 0 unspecified atom stereocenters. The van der Waals surface area contributed by atoms with Crippen molar-refractivity contribution in [3.63, 3.8) is 0 Å². The van der Waals surface area contributed by atoms with Gasteiger partial charge in [0.05, 0.1) is 19.2 Å². The van der Waals surface area contributed by atoms with Crippen LogP contribution in [0.15, 0.2) is 4.99 Å². The van der Waals surface area contributed by atoms with Gasteiger partial charge in [-0.1, -0.05) is 0 Å². The molecular weight excluding hydrogens is 180 g/mol. The minimum atomic E-state index is 0.310. The predicted octanol–water partition coefficient (Wildman–Crippen LogP) is -0.0636. The molecular formula is C9H20N4O. The first kappa shape index (κ1) is 11.3. The van der Waals surface area contributed by atoms with Crippen molar-refractivity contribution >= 4 is 5.96 Å². The topological polar surface area (TPSA) is 62.9 Å². The summed E-state index contributed by atoms with van der Waals surface area (Å²) in [6, 6.07) is 0. The Kier molecular flexibility index (Phi) is 4.69. The second-order valence-electron chi connectivity index (χ2n) is 3.60. The fourth-order valence-corrected chi connectivity index (χ4v) is 1.21. The molecule has 82 valence electrons. The van der Waals surface area contributed by atoms with E-state index in [0.717, 1.165) is 38.6 Å². The van der Waals surface area contributed by atoms with Gasteiger partial charge in [0.25, 0.3) is 0 Å². The SMILES string of the molecule is CC(C)OCCCNC1=NCCN1N. The molecule has 0 saturated heterocycles. The highest BCUT2D eigenvalue weighted by molar-refractivity contribution is 5.80. The second kappa shape index (κ2) is 5.82. The van der Waals surface area contributed by atoms with E-state index < -0.39 is 0 Å². The molecule has 1 rings (SSSR count). The van der Waals surface area contributed by atoms with Gasteiger partial charge in [0.15, 0.2) is 0 Å². The number of nitrogens with zero attached hydrogens (tertiary/aromatic N) is 2. The van der Waals surface area contributed by atoms with E-state index in [1.165, 1.54) is 0 Å². The van der Waals surface area contributed by atoms with Gasteiger partial charge in [-0.15, -0.1) is 0 Å². The summed E-state index contributed by atoms with van der Waals surface area (Å²) in [6.45, 7) is 7.32. The van der Waals surface area contributed by atoms with Crippen molar-refractivity contribution in [3.8, 4) is 0 Å². The number of rotatable bonds is 5. The van der Waals surface area contributed by atoms with Gasteiger partial charge in [0.1, 0.15) is 0 Å². The van der Waals surface area contributed by atoms with Crippen molar-refractivity contribution in [1.29, 1.82) is 0 Å². The summed E-state index contributed by atoms with van der Waals surface area (Å²) in [7, 11) is 0. The first-order valence-corrected chi connectivity index (χ1v) is 5.12. The highest BCUT2D eigenvalue weighted by atomic mass is 16.5. The Labute approximate surface area is 85.3 Å². The first-order chi connectivity index (χ1) is 6.70. The number of ether oxygens (including phenoxy) is 1. The fraction of sp³-hybridized carbons (Fsp3) is 0.889. The lowest BCUT2D eigenvalue weighted by Crippen LogP contribution is -2.43. The smallest absolute Gasteiger partial charge is 0.208 e. The van der Waals surface area contributed by atoms with Crippen molar-refractivity contribution in [2.75, 3.05) is 26.2 Å². The van der Waals surface area contributed by atoms with E-state index in [4.69, 9.17) is 10.6 Å². The third-order valence-electron chi connectivity index (χ3n) is 1.93. The Balaban J connectivity index is 1.99. The lowest BCUT2D eigenvalue weighted by atomic mass is 10.4. The molecule has 0 aromatic heterocycles. The summed E-state index contributed by atoms with van der Waals surface area (Å²) in [6.07, 6.45) is 1.29. The molecule has 0 fully saturated rings. The molecule has 14 heavy (non-hydrogen) atoms. The van der Waals surface area contributed by atoms with E-state index in [0.29, 0.717) is 6.10 Å². The third kappa shape index (κ3) is 3.93. The first-order valence-electron chi connectivity index (χ1n) is 5.12. The molecule has 1 aliphatic rings. The maximum Gasteiger partial charge on any atom is 0.208 e. The Hall–Kier alpha value is -0.810. The van der Waals surface area contributed by atoms with E-state index in [9.17, 15) is 0 Å². The summed E-state index contributed by atoms with van der Waals surface area (Å²) in [5.74, 6) is 6.45. The molecule has 0 radical (unpaired) electrons. The maximum atomic E-state index is 5.65. The number of nitrogens with one attached hydrogen (secondary N) is 1. The van der Waals surface area contributed by atoms with E-state index in [1.54, 1.807) is 5.01 Å². The molecule has 5 heteroatoms. The molecule has 0 bridgehead atoms. The van der Waals surface area contributed by atoms with Gasteiger partial charge < -0.3 is 10.1 Å². The summed E-state index contributed by atoms with van der Waals surface area (Å²) < 4.78 is 5.41.